The van der Waals surface area contributed by atoms with Crippen molar-refractivity contribution in [1.82, 2.24) is 0 Å². The maximum atomic E-state index is 13.4. The van der Waals surface area contributed by atoms with E-state index in [-0.39, 0.29) is 16.5 Å². The molecular formula is C20H20FNO4S2. The van der Waals surface area contributed by atoms with Crippen LogP contribution in [-0.4, -0.2) is 37.0 Å². The molecule has 0 aromatic heterocycles. The number of carboxylic acids is 1. The number of nitrogens with zero attached hydrogens (tertiary/aromatic N) is 1. The van der Waals surface area contributed by atoms with Crippen molar-refractivity contribution >= 4 is 33.4 Å². The number of benzene rings is 2. The van der Waals surface area contributed by atoms with Crippen molar-refractivity contribution < 1.29 is 22.7 Å². The summed E-state index contributed by atoms with van der Waals surface area (Å²) in [5.74, 6) is 0.258. The fourth-order valence-electron chi connectivity index (χ4n) is 4.40. The Balaban J connectivity index is 1.90. The average Bonchev–Trinajstić information content (AvgIpc) is 2.91. The molecule has 1 atom stereocenters. The van der Waals surface area contributed by atoms with E-state index in [0.29, 0.717) is 5.69 Å². The third-order valence-corrected chi connectivity index (χ3v) is 8.81. The Bertz CT molecular complexity index is 1030. The number of rotatable bonds is 3. The van der Waals surface area contributed by atoms with Crippen molar-refractivity contribution in [3.8, 4) is 0 Å². The first-order valence-corrected chi connectivity index (χ1v) is 11.6. The number of thioether (sulfide) groups is 1. The van der Waals surface area contributed by atoms with Gasteiger partial charge in [0.05, 0.1) is 22.2 Å². The summed E-state index contributed by atoms with van der Waals surface area (Å²) in [6.07, 6.45) is 1.56. The van der Waals surface area contributed by atoms with Gasteiger partial charge in [0.25, 0.3) is 10.0 Å². The maximum Gasteiger partial charge on any atom is 0.335 e. The maximum absolute atomic E-state index is 13.4. The van der Waals surface area contributed by atoms with Crippen LogP contribution < -0.4 is 4.31 Å². The van der Waals surface area contributed by atoms with Gasteiger partial charge in [-0.15, -0.1) is 0 Å². The zero-order valence-electron chi connectivity index (χ0n) is 15.3. The third kappa shape index (κ3) is 2.81. The number of hydrogen-bond donors (Lipinski definition) is 1. The van der Waals surface area contributed by atoms with Crippen molar-refractivity contribution in [3.05, 3.63) is 59.4 Å². The Labute approximate surface area is 167 Å². The van der Waals surface area contributed by atoms with E-state index < -0.39 is 27.2 Å². The highest BCUT2D eigenvalue weighted by molar-refractivity contribution is 7.99. The van der Waals surface area contributed by atoms with Gasteiger partial charge in [-0.2, -0.15) is 11.8 Å². The molecule has 2 aliphatic heterocycles. The van der Waals surface area contributed by atoms with Gasteiger partial charge in [0.1, 0.15) is 5.82 Å². The Hall–Kier alpha value is -2.06. The van der Waals surface area contributed by atoms with Crippen LogP contribution in [0.4, 0.5) is 10.1 Å². The fourth-order valence-corrected chi connectivity index (χ4v) is 7.36. The van der Waals surface area contributed by atoms with E-state index in [1.54, 1.807) is 12.1 Å². The van der Waals surface area contributed by atoms with E-state index in [9.17, 15) is 22.7 Å². The van der Waals surface area contributed by atoms with Crippen LogP contribution >= 0.6 is 11.8 Å². The lowest BCUT2D eigenvalue weighted by Crippen LogP contribution is -2.47. The molecule has 28 heavy (non-hydrogen) atoms. The van der Waals surface area contributed by atoms with Gasteiger partial charge in [-0.1, -0.05) is 0 Å². The number of carbonyl (C=O) groups is 1. The normalized spacial score (nSPS) is 20.9. The summed E-state index contributed by atoms with van der Waals surface area (Å²) in [6.45, 7) is 1.89. The quantitative estimate of drug-likeness (QED) is 0.814. The van der Waals surface area contributed by atoms with Crippen LogP contribution in [0.15, 0.2) is 47.4 Å². The lowest BCUT2D eigenvalue weighted by atomic mass is 9.72. The molecule has 2 aromatic carbocycles. The predicted molar refractivity (Wildman–Crippen MR) is 107 cm³/mol. The molecule has 0 amide bonds. The Kier molecular flexibility index (Phi) is 4.66. The molecule has 5 nitrogen and oxygen atoms in total. The van der Waals surface area contributed by atoms with Crippen molar-refractivity contribution in [2.75, 3.05) is 15.8 Å². The summed E-state index contributed by atoms with van der Waals surface area (Å²) in [6, 6.07) is 9.11. The summed E-state index contributed by atoms with van der Waals surface area (Å²) < 4.78 is 41.6. The van der Waals surface area contributed by atoms with Gasteiger partial charge in [0.2, 0.25) is 0 Å². The molecule has 0 aliphatic carbocycles. The second-order valence-electron chi connectivity index (χ2n) is 7.24. The minimum Gasteiger partial charge on any atom is -0.478 e. The molecule has 148 valence electrons. The summed E-state index contributed by atoms with van der Waals surface area (Å²) in [5.41, 5.74) is 1.04. The van der Waals surface area contributed by atoms with Gasteiger partial charge < -0.3 is 5.11 Å². The number of sulfonamides is 1. The van der Waals surface area contributed by atoms with Gasteiger partial charge in [-0.3, -0.25) is 4.31 Å². The first-order chi connectivity index (χ1) is 13.3. The van der Waals surface area contributed by atoms with E-state index in [0.717, 1.165) is 42.0 Å². The van der Waals surface area contributed by atoms with Crippen molar-refractivity contribution in [1.29, 1.82) is 0 Å². The largest absolute Gasteiger partial charge is 0.478 e. The zero-order valence-corrected chi connectivity index (χ0v) is 16.9. The third-order valence-electron chi connectivity index (χ3n) is 5.92. The molecule has 8 heteroatoms. The molecule has 1 N–H and O–H groups in total. The molecule has 2 aliphatic rings. The number of fused-ring (bicyclic) bond motifs is 2. The predicted octanol–water partition coefficient (Wildman–Crippen LogP) is 3.89. The summed E-state index contributed by atoms with van der Waals surface area (Å²) >= 11 is 1.82. The lowest BCUT2D eigenvalue weighted by molar-refractivity contribution is 0.0696. The second kappa shape index (κ2) is 6.77. The van der Waals surface area contributed by atoms with Crippen LogP contribution in [0.2, 0.25) is 0 Å². The highest BCUT2D eigenvalue weighted by Crippen LogP contribution is 2.54. The van der Waals surface area contributed by atoms with E-state index >= 15 is 0 Å². The van der Waals surface area contributed by atoms with Gasteiger partial charge in [0.15, 0.2) is 0 Å². The zero-order chi connectivity index (χ0) is 20.1. The Morgan fingerprint density at radius 2 is 1.82 bits per heavy atom. The summed E-state index contributed by atoms with van der Waals surface area (Å²) in [5, 5.41) is 9.43. The first-order valence-electron chi connectivity index (χ1n) is 9.03. The summed E-state index contributed by atoms with van der Waals surface area (Å²) in [4.78, 5) is 11.5. The van der Waals surface area contributed by atoms with Crippen LogP contribution in [-0.2, 0) is 15.4 Å². The minimum absolute atomic E-state index is 0.0243. The highest BCUT2D eigenvalue weighted by atomic mass is 32.2. The van der Waals surface area contributed by atoms with Gasteiger partial charge in [-0.05, 0) is 79.3 Å². The molecule has 1 fully saturated rings. The number of hydrogen-bond acceptors (Lipinski definition) is 4. The Morgan fingerprint density at radius 3 is 2.43 bits per heavy atom. The van der Waals surface area contributed by atoms with Gasteiger partial charge in [-0.25, -0.2) is 17.6 Å². The first kappa shape index (κ1) is 19.3. The monoisotopic (exact) mass is 421 g/mol. The lowest BCUT2D eigenvalue weighted by Gasteiger charge is -2.39. The molecule has 2 heterocycles. The highest BCUT2D eigenvalue weighted by Gasteiger charge is 2.53. The van der Waals surface area contributed by atoms with Gasteiger partial charge >= 0.3 is 5.97 Å². The van der Waals surface area contributed by atoms with Crippen molar-refractivity contribution in [2.24, 2.45) is 0 Å². The number of anilines is 1. The standard InChI is InChI=1S/C20H20FNO4S2/c1-13-20(8-10-27-11-9-20)17-12-14(19(23)24)2-7-18(17)22(13)28(25,26)16-5-3-15(21)4-6-16/h2-7,12-13H,8-11H2,1H3,(H,23,24). The molecular weight excluding hydrogens is 401 g/mol. The Morgan fingerprint density at radius 1 is 1.18 bits per heavy atom. The molecule has 4 rings (SSSR count). The van der Waals surface area contributed by atoms with Gasteiger partial charge in [0, 0.05) is 5.41 Å². The van der Waals surface area contributed by atoms with Crippen LogP contribution in [0.1, 0.15) is 35.7 Å². The average molecular weight is 422 g/mol. The van der Waals surface area contributed by atoms with Crippen LogP contribution in [0.5, 0.6) is 0 Å². The van der Waals surface area contributed by atoms with E-state index in [1.165, 1.54) is 22.5 Å². The molecule has 0 saturated carbocycles. The molecule has 0 bridgehead atoms. The SMILES string of the molecule is CC1N(S(=O)(=O)c2ccc(F)cc2)c2ccc(C(=O)O)cc2C12CCSCC2. The van der Waals surface area contributed by atoms with Crippen LogP contribution in [0.25, 0.3) is 0 Å². The molecule has 1 saturated heterocycles. The fraction of sp³-hybridized carbons (Fsp3) is 0.350. The number of aromatic carboxylic acids is 1. The number of carboxylic acid groups (broad SMARTS) is 1. The van der Waals surface area contributed by atoms with Crippen molar-refractivity contribution in [3.63, 3.8) is 0 Å². The summed E-state index contributed by atoms with van der Waals surface area (Å²) in [7, 11) is -3.91. The van der Waals surface area contributed by atoms with Crippen molar-refractivity contribution in [2.45, 2.75) is 36.1 Å². The van der Waals surface area contributed by atoms with Crippen LogP contribution in [0, 0.1) is 5.82 Å². The number of halogens is 1. The topological polar surface area (TPSA) is 74.7 Å². The molecule has 0 radical (unpaired) electrons. The smallest absolute Gasteiger partial charge is 0.335 e. The van der Waals surface area contributed by atoms with E-state index in [4.69, 9.17) is 0 Å². The molecule has 2 aromatic rings. The van der Waals surface area contributed by atoms with Crippen LogP contribution in [0.3, 0.4) is 0 Å². The van der Waals surface area contributed by atoms with E-state index in [2.05, 4.69) is 0 Å². The minimum atomic E-state index is -3.91. The molecule has 1 unspecified atom stereocenters. The molecule has 1 spiro atoms. The van der Waals surface area contributed by atoms with E-state index in [1.807, 2.05) is 18.7 Å². The second-order valence-corrected chi connectivity index (χ2v) is 10.3.